The van der Waals surface area contributed by atoms with Crippen molar-refractivity contribution in [2.75, 3.05) is 0 Å². The van der Waals surface area contributed by atoms with E-state index in [1.165, 1.54) is 29.2 Å². The highest BCUT2D eigenvalue weighted by atomic mass is 32.2. The number of carbonyl (C=O) groups excluding carboxylic acids is 2. The Labute approximate surface area is 224 Å². The van der Waals surface area contributed by atoms with Crippen molar-refractivity contribution in [3.8, 4) is 0 Å². The normalized spacial score (nSPS) is 22.5. The topological polar surface area (TPSA) is 83.6 Å². The first-order valence-electron chi connectivity index (χ1n) is 13.3. The monoisotopic (exact) mass is 566 g/mol. The fourth-order valence-electron chi connectivity index (χ4n) is 5.46. The molecule has 11 heteroatoms. The van der Waals surface area contributed by atoms with E-state index < -0.39 is 56.5 Å². The zero-order valence-electron chi connectivity index (χ0n) is 21.4. The summed E-state index contributed by atoms with van der Waals surface area (Å²) in [6.45, 7) is 1.89. The molecule has 5 rings (SSSR count). The minimum Gasteiger partial charge on any atom is -0.347 e. The molecule has 3 aliphatic rings. The smallest absolute Gasteiger partial charge is 0.347 e. The van der Waals surface area contributed by atoms with Gasteiger partial charge in [0.2, 0.25) is 5.91 Å². The van der Waals surface area contributed by atoms with E-state index in [2.05, 4.69) is 5.32 Å². The van der Waals surface area contributed by atoms with Crippen LogP contribution in [0, 0.1) is 11.7 Å². The lowest BCUT2D eigenvalue weighted by Crippen LogP contribution is -2.49. The van der Waals surface area contributed by atoms with Crippen LogP contribution in [0.4, 0.5) is 17.6 Å². The minimum absolute atomic E-state index is 0.0141. The van der Waals surface area contributed by atoms with Gasteiger partial charge in [-0.15, -0.1) is 0 Å². The zero-order chi connectivity index (χ0) is 28.1. The maximum Gasteiger partial charge on any atom is 0.416 e. The Balaban J connectivity index is 1.39. The standard InChI is InChI=1S/C28H30F4N2O4S/c1-2-19-9-13-24(34(19)27(36)17-4-3-5-21(14-17)39(37,38)20-10-11-20)26(35)33-25(16-6-7-16)22-12-8-18(15-23(22)29)28(30,31)32/h3-5,8,12,14-16,19-20,24-25H,2,6-7,9-11,13H2,1H3,(H,33,35)/t19-,24-,25?/m1/s1. The summed E-state index contributed by atoms with van der Waals surface area (Å²) in [5.74, 6) is -2.12. The quantitative estimate of drug-likeness (QED) is 0.432. The first-order valence-corrected chi connectivity index (χ1v) is 14.8. The van der Waals surface area contributed by atoms with Crippen molar-refractivity contribution in [1.29, 1.82) is 0 Å². The molecule has 2 aliphatic carbocycles. The third-order valence-corrected chi connectivity index (χ3v) is 10.2. The van der Waals surface area contributed by atoms with Crippen LogP contribution in [-0.4, -0.2) is 42.5 Å². The van der Waals surface area contributed by atoms with Crippen molar-refractivity contribution < 1.29 is 35.6 Å². The summed E-state index contributed by atoms with van der Waals surface area (Å²) >= 11 is 0. The number of nitrogens with one attached hydrogen (secondary N) is 1. The second kappa shape index (κ2) is 10.2. The van der Waals surface area contributed by atoms with Crippen LogP contribution < -0.4 is 5.32 Å². The zero-order valence-corrected chi connectivity index (χ0v) is 22.2. The Hall–Kier alpha value is -2.95. The van der Waals surface area contributed by atoms with E-state index in [0.717, 1.165) is 12.1 Å². The SMILES string of the molecule is CC[C@@H]1CC[C@H](C(=O)NC(c2ccc(C(F)(F)F)cc2F)C2CC2)N1C(=O)c1cccc(S(=O)(=O)C2CC2)c1. The van der Waals surface area contributed by atoms with Gasteiger partial charge in [-0.25, -0.2) is 12.8 Å². The van der Waals surface area contributed by atoms with Crippen LogP contribution in [0.25, 0.3) is 0 Å². The lowest BCUT2D eigenvalue weighted by atomic mass is 9.99. The number of sulfone groups is 1. The first kappa shape index (κ1) is 27.6. The number of hydrogen-bond donors (Lipinski definition) is 1. The van der Waals surface area contributed by atoms with Crippen LogP contribution in [-0.2, 0) is 20.8 Å². The average Bonchev–Trinajstić information content (AvgIpc) is 3.83. The Kier molecular flexibility index (Phi) is 7.24. The van der Waals surface area contributed by atoms with Gasteiger partial charge >= 0.3 is 6.18 Å². The average molecular weight is 567 g/mol. The molecule has 3 fully saturated rings. The summed E-state index contributed by atoms with van der Waals surface area (Å²) in [6.07, 6.45) is -0.617. The lowest BCUT2D eigenvalue weighted by Gasteiger charge is -2.31. The van der Waals surface area contributed by atoms with Gasteiger partial charge in [0.25, 0.3) is 5.91 Å². The predicted molar refractivity (Wildman–Crippen MR) is 135 cm³/mol. The molecular weight excluding hydrogens is 536 g/mol. The summed E-state index contributed by atoms with van der Waals surface area (Å²) in [6, 6.07) is 6.26. The molecule has 1 saturated heterocycles. The van der Waals surface area contributed by atoms with E-state index in [-0.39, 0.29) is 28.0 Å². The van der Waals surface area contributed by atoms with Crippen molar-refractivity contribution >= 4 is 21.7 Å². The van der Waals surface area contributed by atoms with Crippen LogP contribution in [0.5, 0.6) is 0 Å². The summed E-state index contributed by atoms with van der Waals surface area (Å²) < 4.78 is 79.4. The Morgan fingerprint density at radius 3 is 2.33 bits per heavy atom. The van der Waals surface area contributed by atoms with E-state index >= 15 is 0 Å². The Bertz CT molecular complexity index is 1390. The molecule has 0 bridgehead atoms. The fourth-order valence-corrected chi connectivity index (χ4v) is 7.16. The third kappa shape index (κ3) is 5.55. The van der Waals surface area contributed by atoms with Crippen molar-refractivity contribution in [2.45, 2.75) is 86.3 Å². The molecule has 2 aromatic rings. The molecular formula is C28H30F4N2O4S. The molecule has 39 heavy (non-hydrogen) atoms. The van der Waals surface area contributed by atoms with Gasteiger partial charge in [-0.2, -0.15) is 13.2 Å². The van der Waals surface area contributed by atoms with Gasteiger partial charge in [-0.1, -0.05) is 19.1 Å². The molecule has 1 aliphatic heterocycles. The van der Waals surface area contributed by atoms with Crippen LogP contribution >= 0.6 is 0 Å². The molecule has 6 nitrogen and oxygen atoms in total. The van der Waals surface area contributed by atoms with Gasteiger partial charge in [-0.05, 0) is 81.2 Å². The number of amides is 2. The number of alkyl halides is 3. The molecule has 0 spiro atoms. The number of likely N-dealkylation sites (tertiary alicyclic amines) is 1. The highest BCUT2D eigenvalue weighted by Gasteiger charge is 2.44. The van der Waals surface area contributed by atoms with Crippen LogP contribution in [0.2, 0.25) is 0 Å². The van der Waals surface area contributed by atoms with E-state index in [0.29, 0.717) is 51.0 Å². The second-order valence-electron chi connectivity index (χ2n) is 10.7. The minimum atomic E-state index is -4.69. The molecule has 210 valence electrons. The summed E-state index contributed by atoms with van der Waals surface area (Å²) in [5, 5.41) is 2.40. The van der Waals surface area contributed by atoms with E-state index in [1.807, 2.05) is 6.92 Å². The second-order valence-corrected chi connectivity index (χ2v) is 12.9. The highest BCUT2D eigenvalue weighted by molar-refractivity contribution is 7.92. The van der Waals surface area contributed by atoms with Gasteiger partial charge in [0, 0.05) is 17.2 Å². The fraction of sp³-hybridized carbons (Fsp3) is 0.500. The number of rotatable bonds is 8. The molecule has 1 heterocycles. The molecule has 1 unspecified atom stereocenters. The van der Waals surface area contributed by atoms with Crippen molar-refractivity contribution in [2.24, 2.45) is 5.92 Å². The van der Waals surface area contributed by atoms with Crippen molar-refractivity contribution in [3.05, 3.63) is 65.0 Å². The third-order valence-electron chi connectivity index (χ3n) is 7.94. The van der Waals surface area contributed by atoms with Gasteiger partial charge in [0.1, 0.15) is 11.9 Å². The van der Waals surface area contributed by atoms with E-state index in [9.17, 15) is 35.6 Å². The van der Waals surface area contributed by atoms with Gasteiger partial charge in [0.05, 0.1) is 21.8 Å². The van der Waals surface area contributed by atoms with Gasteiger partial charge < -0.3 is 10.2 Å². The maximum atomic E-state index is 14.8. The van der Waals surface area contributed by atoms with E-state index in [1.54, 1.807) is 0 Å². The molecule has 0 aromatic heterocycles. The van der Waals surface area contributed by atoms with Crippen LogP contribution in [0.1, 0.15) is 79.4 Å². The van der Waals surface area contributed by atoms with Crippen molar-refractivity contribution in [1.82, 2.24) is 10.2 Å². The number of nitrogens with zero attached hydrogens (tertiary/aromatic N) is 1. The number of carbonyl (C=O) groups is 2. The highest BCUT2D eigenvalue weighted by Crippen LogP contribution is 2.43. The summed E-state index contributed by atoms with van der Waals surface area (Å²) in [5.41, 5.74) is -0.948. The molecule has 2 saturated carbocycles. The number of hydrogen-bond acceptors (Lipinski definition) is 4. The molecule has 3 atom stereocenters. The predicted octanol–water partition coefficient (Wildman–Crippen LogP) is 5.43. The Morgan fingerprint density at radius 2 is 1.74 bits per heavy atom. The Morgan fingerprint density at radius 1 is 1.03 bits per heavy atom. The lowest BCUT2D eigenvalue weighted by molar-refractivity contribution is -0.137. The maximum absolute atomic E-state index is 14.8. The number of benzene rings is 2. The summed E-state index contributed by atoms with van der Waals surface area (Å²) in [7, 11) is -3.52. The van der Waals surface area contributed by atoms with Crippen LogP contribution in [0.15, 0.2) is 47.4 Å². The van der Waals surface area contributed by atoms with Crippen LogP contribution in [0.3, 0.4) is 0 Å². The molecule has 0 radical (unpaired) electrons. The molecule has 2 aromatic carbocycles. The largest absolute Gasteiger partial charge is 0.416 e. The van der Waals surface area contributed by atoms with Crippen molar-refractivity contribution in [3.63, 3.8) is 0 Å². The van der Waals surface area contributed by atoms with Gasteiger partial charge in [0.15, 0.2) is 9.84 Å². The number of halogens is 4. The van der Waals surface area contributed by atoms with E-state index in [4.69, 9.17) is 0 Å². The molecule has 2 amide bonds. The first-order chi connectivity index (χ1) is 18.4. The summed E-state index contributed by atoms with van der Waals surface area (Å²) in [4.78, 5) is 28.8. The molecule has 1 N–H and O–H groups in total. The van der Waals surface area contributed by atoms with Gasteiger partial charge in [-0.3, -0.25) is 9.59 Å².